The minimum atomic E-state index is -0.317. The van der Waals surface area contributed by atoms with Crippen LogP contribution in [0.15, 0.2) is 60.9 Å². The summed E-state index contributed by atoms with van der Waals surface area (Å²) < 4.78 is 20.7. The molecule has 4 aromatic rings. The highest BCUT2D eigenvalue weighted by atomic mass is 19.1. The molecular weight excluding hydrogens is 559 g/mol. The van der Waals surface area contributed by atoms with Gasteiger partial charge in [-0.25, -0.2) is 13.9 Å². The molecule has 1 fully saturated rings. The fraction of sp³-hybridized carbons (Fsp3) is 0.412. The fourth-order valence-corrected chi connectivity index (χ4v) is 6.17. The van der Waals surface area contributed by atoms with Crippen LogP contribution >= 0.6 is 0 Å². The van der Waals surface area contributed by atoms with Crippen LogP contribution in [-0.4, -0.2) is 75.6 Å². The maximum atomic E-state index is 14.2. The van der Waals surface area contributed by atoms with Gasteiger partial charge in [-0.1, -0.05) is 31.4 Å². The number of hydrogen-bond donors (Lipinski definition) is 0. The van der Waals surface area contributed by atoms with E-state index < -0.39 is 0 Å². The molecule has 0 saturated carbocycles. The Balaban J connectivity index is 1.34. The predicted octanol–water partition coefficient (Wildman–Crippen LogP) is 5.33. The maximum absolute atomic E-state index is 14.2. The Hall–Kier alpha value is -4.15. The van der Waals surface area contributed by atoms with Crippen LogP contribution in [0.1, 0.15) is 60.5 Å². The van der Waals surface area contributed by atoms with E-state index in [2.05, 4.69) is 33.2 Å². The summed E-state index contributed by atoms with van der Waals surface area (Å²) in [7, 11) is 0. The molecule has 2 amide bonds. The summed E-state index contributed by atoms with van der Waals surface area (Å²) in [5.41, 5.74) is 5.32. The summed E-state index contributed by atoms with van der Waals surface area (Å²) in [6.45, 7) is 7.23. The molecule has 230 valence electrons. The van der Waals surface area contributed by atoms with Crippen molar-refractivity contribution in [3.63, 3.8) is 0 Å². The lowest BCUT2D eigenvalue weighted by Gasteiger charge is -2.30. The smallest absolute Gasteiger partial charge is 0.259 e. The number of aromatic nitrogens is 3. The van der Waals surface area contributed by atoms with Crippen LogP contribution in [0, 0.1) is 5.82 Å². The molecule has 0 aliphatic carbocycles. The number of halogens is 1. The zero-order valence-electron chi connectivity index (χ0n) is 25.3. The molecule has 2 aliphatic rings. The van der Waals surface area contributed by atoms with Gasteiger partial charge in [0.25, 0.3) is 5.91 Å². The molecule has 4 heterocycles. The van der Waals surface area contributed by atoms with E-state index in [9.17, 15) is 14.0 Å². The van der Waals surface area contributed by atoms with Crippen LogP contribution in [0.4, 0.5) is 10.1 Å². The first-order valence-corrected chi connectivity index (χ1v) is 15.6. The second-order valence-corrected chi connectivity index (χ2v) is 11.6. The van der Waals surface area contributed by atoms with Crippen LogP contribution < -0.4 is 4.90 Å². The third-order valence-electron chi connectivity index (χ3n) is 8.56. The Labute approximate surface area is 257 Å². The average molecular weight is 599 g/mol. The number of rotatable bonds is 4. The topological polar surface area (TPSA) is 83.3 Å². The molecule has 9 nitrogen and oxygen atoms in total. The molecule has 44 heavy (non-hydrogen) atoms. The van der Waals surface area contributed by atoms with Crippen molar-refractivity contribution in [2.45, 2.75) is 52.1 Å². The van der Waals surface area contributed by atoms with Crippen LogP contribution in [0.2, 0.25) is 0 Å². The highest BCUT2D eigenvalue weighted by Gasteiger charge is 2.25. The van der Waals surface area contributed by atoms with Crippen molar-refractivity contribution in [3.8, 4) is 11.3 Å². The van der Waals surface area contributed by atoms with Gasteiger partial charge in [-0.05, 0) is 60.4 Å². The molecule has 0 atom stereocenters. The number of amides is 2. The Morgan fingerprint density at radius 2 is 1.66 bits per heavy atom. The van der Waals surface area contributed by atoms with Crippen molar-refractivity contribution in [1.82, 2.24) is 24.4 Å². The second-order valence-electron chi connectivity index (χ2n) is 11.6. The highest BCUT2D eigenvalue weighted by Crippen LogP contribution is 2.29. The first kappa shape index (κ1) is 29.9. The molecule has 2 aromatic heterocycles. The standard InChI is InChI=1S/C34H39FN6O3/c1-25(42)40-16-6-4-2-3-5-15-39(24-28-8-7-26(21-32(28)40)23-38-17-19-44-20-18-38)34(43)30-22-37-41-31(13-14-36-33(30)41)27-9-11-29(35)12-10-27/h7-14,21-22H,2-6,15-20,23-24H2,1H3. The van der Waals surface area contributed by atoms with Crippen LogP contribution in [-0.2, 0) is 22.6 Å². The zero-order valence-corrected chi connectivity index (χ0v) is 25.3. The number of hydrogen-bond acceptors (Lipinski definition) is 6. The lowest BCUT2D eigenvalue weighted by molar-refractivity contribution is -0.116. The SMILES string of the molecule is CC(=O)N1CCCCCCCN(C(=O)c2cnn3c(-c4ccc(F)cc4)ccnc23)Cc2ccc(CN3CCOCC3)cc21. The normalized spacial score (nSPS) is 17.1. The zero-order chi connectivity index (χ0) is 30.5. The summed E-state index contributed by atoms with van der Waals surface area (Å²) in [5.74, 6) is -0.467. The molecule has 0 spiro atoms. The van der Waals surface area contributed by atoms with Crippen LogP contribution in [0.25, 0.3) is 16.9 Å². The first-order chi connectivity index (χ1) is 21.5. The number of morpholine rings is 1. The van der Waals surface area contributed by atoms with E-state index in [-0.39, 0.29) is 17.6 Å². The Morgan fingerprint density at radius 1 is 0.909 bits per heavy atom. The van der Waals surface area contributed by atoms with E-state index in [1.807, 2.05) is 9.80 Å². The highest BCUT2D eigenvalue weighted by molar-refractivity contribution is 6.00. The molecule has 1 saturated heterocycles. The van der Waals surface area contributed by atoms with E-state index >= 15 is 0 Å². The van der Waals surface area contributed by atoms with Crippen molar-refractivity contribution in [1.29, 1.82) is 0 Å². The number of ether oxygens (including phenoxy) is 1. The van der Waals surface area contributed by atoms with Gasteiger partial charge in [0.1, 0.15) is 11.4 Å². The Kier molecular flexibility index (Phi) is 9.28. The summed E-state index contributed by atoms with van der Waals surface area (Å²) in [5, 5.41) is 4.53. The molecule has 0 radical (unpaired) electrons. The predicted molar refractivity (Wildman–Crippen MR) is 167 cm³/mol. The van der Waals surface area contributed by atoms with Gasteiger partial charge in [0.2, 0.25) is 5.91 Å². The molecule has 0 N–H and O–H groups in total. The van der Waals surface area contributed by atoms with E-state index in [1.54, 1.807) is 42.0 Å². The molecule has 2 aromatic carbocycles. The second kappa shape index (κ2) is 13.7. The monoisotopic (exact) mass is 598 g/mol. The Bertz CT molecular complexity index is 1620. The third kappa shape index (κ3) is 6.66. The summed E-state index contributed by atoms with van der Waals surface area (Å²) in [6.07, 6.45) is 8.15. The quantitative estimate of drug-likeness (QED) is 0.316. The Morgan fingerprint density at radius 3 is 2.43 bits per heavy atom. The lowest BCUT2D eigenvalue weighted by Crippen LogP contribution is -2.36. The molecule has 10 heteroatoms. The number of nitrogens with zero attached hydrogens (tertiary/aromatic N) is 6. The van der Waals surface area contributed by atoms with Gasteiger partial charge in [-0.3, -0.25) is 14.5 Å². The third-order valence-corrected chi connectivity index (χ3v) is 8.56. The largest absolute Gasteiger partial charge is 0.379 e. The fourth-order valence-electron chi connectivity index (χ4n) is 6.17. The molecule has 6 rings (SSSR count). The summed E-state index contributed by atoms with van der Waals surface area (Å²) in [6, 6.07) is 14.3. The van der Waals surface area contributed by atoms with Gasteiger partial charge in [0.15, 0.2) is 5.65 Å². The van der Waals surface area contributed by atoms with Gasteiger partial charge in [0, 0.05) is 63.6 Å². The number of fused-ring (bicyclic) bond motifs is 2. The average Bonchev–Trinajstić information content (AvgIpc) is 3.47. The maximum Gasteiger partial charge on any atom is 0.259 e. The summed E-state index contributed by atoms with van der Waals surface area (Å²) in [4.78, 5) is 37.8. The number of carbonyl (C=O) groups excluding carboxylic acids is 2. The van der Waals surface area contributed by atoms with Crippen LogP contribution in [0.3, 0.4) is 0 Å². The minimum Gasteiger partial charge on any atom is -0.379 e. The molecular formula is C34H39FN6O3. The van der Waals surface area contributed by atoms with Crippen molar-refractivity contribution < 1.29 is 18.7 Å². The van der Waals surface area contributed by atoms with Crippen molar-refractivity contribution >= 4 is 23.1 Å². The summed E-state index contributed by atoms with van der Waals surface area (Å²) >= 11 is 0. The van der Waals surface area contributed by atoms with E-state index in [0.717, 1.165) is 93.0 Å². The minimum absolute atomic E-state index is 0.00450. The molecule has 0 unspecified atom stereocenters. The number of anilines is 1. The van der Waals surface area contributed by atoms with E-state index in [1.165, 1.54) is 12.1 Å². The van der Waals surface area contributed by atoms with Gasteiger partial charge >= 0.3 is 0 Å². The van der Waals surface area contributed by atoms with Crippen molar-refractivity contribution in [2.24, 2.45) is 0 Å². The number of carbonyl (C=O) groups is 2. The van der Waals surface area contributed by atoms with Gasteiger partial charge in [-0.2, -0.15) is 5.10 Å². The van der Waals surface area contributed by atoms with Gasteiger partial charge in [0.05, 0.1) is 25.1 Å². The van der Waals surface area contributed by atoms with E-state index in [0.29, 0.717) is 30.8 Å². The molecule has 0 bridgehead atoms. The van der Waals surface area contributed by atoms with Crippen molar-refractivity contribution in [3.05, 3.63) is 83.4 Å². The van der Waals surface area contributed by atoms with Crippen molar-refractivity contribution in [2.75, 3.05) is 44.3 Å². The van der Waals surface area contributed by atoms with Gasteiger partial charge < -0.3 is 14.5 Å². The number of benzene rings is 2. The van der Waals surface area contributed by atoms with Crippen LogP contribution in [0.5, 0.6) is 0 Å². The first-order valence-electron chi connectivity index (χ1n) is 15.6. The van der Waals surface area contributed by atoms with E-state index in [4.69, 9.17) is 4.74 Å². The lowest BCUT2D eigenvalue weighted by atomic mass is 10.0. The molecule has 2 aliphatic heterocycles. The van der Waals surface area contributed by atoms with Gasteiger partial charge in [-0.15, -0.1) is 0 Å².